The fourth-order valence-corrected chi connectivity index (χ4v) is 2.58. The fourth-order valence-electron chi connectivity index (χ4n) is 2.58. The largest absolute Gasteiger partial charge is 0.342 e. The van der Waals surface area contributed by atoms with Crippen molar-refractivity contribution in [2.24, 2.45) is 5.73 Å². The Labute approximate surface area is 109 Å². The summed E-state index contributed by atoms with van der Waals surface area (Å²) < 4.78 is 0. The number of hydrogen-bond donors (Lipinski definition) is 1. The molecule has 1 atom stereocenters. The van der Waals surface area contributed by atoms with Crippen LogP contribution in [0, 0.1) is 0 Å². The molecule has 0 bridgehead atoms. The average molecular weight is 246 g/mol. The molecule has 1 aliphatic heterocycles. The van der Waals surface area contributed by atoms with Crippen molar-refractivity contribution in [1.82, 2.24) is 4.90 Å². The van der Waals surface area contributed by atoms with Gasteiger partial charge in [0.25, 0.3) is 0 Å². The smallest absolute Gasteiger partial charge is 0.230 e. The first kappa shape index (κ1) is 13.1. The Hall–Kier alpha value is -1.35. The standard InChI is InChI=1S/C15H22N2O/c1-2-14(12-6-4-3-5-7-12)15(18)17-10-8-13(16)9-11-17/h3-7,13-14H,2,8-11,16H2,1H3/t14-/m1/s1. The molecule has 1 aromatic rings. The highest BCUT2D eigenvalue weighted by atomic mass is 16.2. The van der Waals surface area contributed by atoms with Crippen LogP contribution in [0.15, 0.2) is 30.3 Å². The maximum Gasteiger partial charge on any atom is 0.230 e. The third-order valence-corrected chi connectivity index (χ3v) is 3.76. The van der Waals surface area contributed by atoms with Gasteiger partial charge < -0.3 is 10.6 Å². The second kappa shape index (κ2) is 6.01. The topological polar surface area (TPSA) is 46.3 Å². The highest BCUT2D eigenvalue weighted by Crippen LogP contribution is 2.23. The molecule has 1 amide bonds. The van der Waals surface area contributed by atoms with Gasteiger partial charge in [0.1, 0.15) is 0 Å². The SMILES string of the molecule is CC[C@@H](C(=O)N1CCC(N)CC1)c1ccccc1. The molecule has 2 rings (SSSR count). The number of benzene rings is 1. The lowest BCUT2D eigenvalue weighted by molar-refractivity contribution is -0.133. The van der Waals surface area contributed by atoms with Crippen LogP contribution >= 0.6 is 0 Å². The van der Waals surface area contributed by atoms with Gasteiger partial charge in [0.05, 0.1) is 5.92 Å². The second-order valence-corrected chi connectivity index (χ2v) is 5.03. The van der Waals surface area contributed by atoms with E-state index in [9.17, 15) is 4.79 Å². The highest BCUT2D eigenvalue weighted by Gasteiger charge is 2.26. The zero-order valence-corrected chi connectivity index (χ0v) is 11.0. The van der Waals surface area contributed by atoms with E-state index in [4.69, 9.17) is 5.73 Å². The Bertz CT molecular complexity index is 383. The monoisotopic (exact) mass is 246 g/mol. The molecule has 18 heavy (non-hydrogen) atoms. The zero-order chi connectivity index (χ0) is 13.0. The van der Waals surface area contributed by atoms with Gasteiger partial charge in [-0.05, 0) is 24.8 Å². The van der Waals surface area contributed by atoms with E-state index >= 15 is 0 Å². The maximum absolute atomic E-state index is 12.5. The molecule has 1 aromatic carbocycles. The number of nitrogens with two attached hydrogens (primary N) is 1. The van der Waals surface area contributed by atoms with E-state index in [0.29, 0.717) is 0 Å². The molecule has 3 nitrogen and oxygen atoms in total. The minimum Gasteiger partial charge on any atom is -0.342 e. The predicted molar refractivity (Wildman–Crippen MR) is 73.3 cm³/mol. The van der Waals surface area contributed by atoms with E-state index < -0.39 is 0 Å². The summed E-state index contributed by atoms with van der Waals surface area (Å²) in [5.41, 5.74) is 7.00. The van der Waals surface area contributed by atoms with Crippen LogP contribution in [0.4, 0.5) is 0 Å². The Morgan fingerprint density at radius 3 is 2.50 bits per heavy atom. The molecule has 0 aromatic heterocycles. The molecule has 0 aliphatic carbocycles. The number of rotatable bonds is 3. The molecule has 2 N–H and O–H groups in total. The fraction of sp³-hybridized carbons (Fsp3) is 0.533. The third kappa shape index (κ3) is 2.91. The van der Waals surface area contributed by atoms with Gasteiger partial charge in [0.15, 0.2) is 0 Å². The molecular weight excluding hydrogens is 224 g/mol. The van der Waals surface area contributed by atoms with E-state index in [2.05, 4.69) is 6.92 Å². The molecule has 3 heteroatoms. The van der Waals surface area contributed by atoms with Gasteiger partial charge >= 0.3 is 0 Å². The lowest BCUT2D eigenvalue weighted by Crippen LogP contribution is -2.44. The van der Waals surface area contributed by atoms with Gasteiger partial charge in [-0.3, -0.25) is 4.79 Å². The lowest BCUT2D eigenvalue weighted by atomic mass is 9.94. The normalized spacial score (nSPS) is 18.7. The summed E-state index contributed by atoms with van der Waals surface area (Å²) in [6.45, 7) is 3.69. The van der Waals surface area contributed by atoms with Crippen molar-refractivity contribution in [2.45, 2.75) is 38.1 Å². The summed E-state index contributed by atoms with van der Waals surface area (Å²) in [5.74, 6) is 0.260. The van der Waals surface area contributed by atoms with Crippen LogP contribution in [0.2, 0.25) is 0 Å². The van der Waals surface area contributed by atoms with Crippen molar-refractivity contribution in [3.63, 3.8) is 0 Å². The van der Waals surface area contributed by atoms with Crippen molar-refractivity contribution in [3.05, 3.63) is 35.9 Å². The van der Waals surface area contributed by atoms with Crippen LogP contribution in [-0.4, -0.2) is 29.9 Å². The van der Waals surface area contributed by atoms with Crippen molar-refractivity contribution >= 4 is 5.91 Å². The van der Waals surface area contributed by atoms with Gasteiger partial charge in [-0.1, -0.05) is 37.3 Å². The van der Waals surface area contributed by atoms with Gasteiger partial charge in [0, 0.05) is 19.1 Å². The first-order valence-electron chi connectivity index (χ1n) is 6.81. The summed E-state index contributed by atoms with van der Waals surface area (Å²) in [4.78, 5) is 14.5. The molecule has 1 aliphatic rings. The highest BCUT2D eigenvalue weighted by molar-refractivity contribution is 5.83. The van der Waals surface area contributed by atoms with Crippen molar-refractivity contribution in [1.29, 1.82) is 0 Å². The van der Waals surface area contributed by atoms with E-state index in [1.807, 2.05) is 35.2 Å². The summed E-state index contributed by atoms with van der Waals surface area (Å²) in [5, 5.41) is 0. The number of nitrogens with zero attached hydrogens (tertiary/aromatic N) is 1. The molecule has 1 heterocycles. The number of carbonyl (C=O) groups is 1. The average Bonchev–Trinajstić information content (AvgIpc) is 2.41. The van der Waals surface area contributed by atoms with Crippen molar-refractivity contribution in [3.8, 4) is 0 Å². The molecule has 0 spiro atoms. The molecule has 0 radical (unpaired) electrons. The quantitative estimate of drug-likeness (QED) is 0.888. The Morgan fingerprint density at radius 1 is 1.33 bits per heavy atom. The number of hydrogen-bond acceptors (Lipinski definition) is 2. The van der Waals surface area contributed by atoms with Crippen LogP contribution in [0.25, 0.3) is 0 Å². The van der Waals surface area contributed by atoms with Crippen molar-refractivity contribution in [2.75, 3.05) is 13.1 Å². The number of piperidine rings is 1. The Kier molecular flexibility index (Phi) is 4.37. The first-order chi connectivity index (χ1) is 8.72. The van der Waals surface area contributed by atoms with Gasteiger partial charge in [-0.15, -0.1) is 0 Å². The van der Waals surface area contributed by atoms with Crippen LogP contribution < -0.4 is 5.73 Å². The number of carbonyl (C=O) groups excluding carboxylic acids is 1. The van der Waals surface area contributed by atoms with Gasteiger partial charge in [0.2, 0.25) is 5.91 Å². The Balaban J connectivity index is 2.06. The van der Waals surface area contributed by atoms with E-state index in [1.54, 1.807) is 0 Å². The minimum absolute atomic E-state index is 0.000486. The lowest BCUT2D eigenvalue weighted by Gasteiger charge is -2.32. The molecule has 98 valence electrons. The zero-order valence-electron chi connectivity index (χ0n) is 11.0. The summed E-state index contributed by atoms with van der Waals surface area (Å²) in [7, 11) is 0. The van der Waals surface area contributed by atoms with Crippen molar-refractivity contribution < 1.29 is 4.79 Å². The summed E-state index contributed by atoms with van der Waals surface area (Å²) >= 11 is 0. The van der Waals surface area contributed by atoms with E-state index in [0.717, 1.165) is 37.9 Å². The predicted octanol–water partition coefficient (Wildman–Crippen LogP) is 2.13. The summed E-state index contributed by atoms with van der Waals surface area (Å²) in [6.07, 6.45) is 2.71. The second-order valence-electron chi connectivity index (χ2n) is 5.03. The molecule has 1 fully saturated rings. The van der Waals surface area contributed by atoms with E-state index in [1.165, 1.54) is 0 Å². The molecular formula is C15H22N2O. The Morgan fingerprint density at radius 2 is 1.94 bits per heavy atom. The van der Waals surface area contributed by atoms with Crippen LogP contribution in [-0.2, 0) is 4.79 Å². The summed E-state index contributed by atoms with van der Waals surface area (Å²) in [6, 6.07) is 10.3. The molecule has 1 saturated heterocycles. The first-order valence-corrected chi connectivity index (χ1v) is 6.81. The van der Waals surface area contributed by atoms with Crippen LogP contribution in [0.1, 0.15) is 37.7 Å². The molecule has 0 unspecified atom stereocenters. The maximum atomic E-state index is 12.5. The minimum atomic E-state index is 0.000486. The van der Waals surface area contributed by atoms with Gasteiger partial charge in [-0.2, -0.15) is 0 Å². The number of amides is 1. The van der Waals surface area contributed by atoms with E-state index in [-0.39, 0.29) is 17.9 Å². The van der Waals surface area contributed by atoms with Crippen LogP contribution in [0.3, 0.4) is 0 Å². The third-order valence-electron chi connectivity index (χ3n) is 3.76. The number of likely N-dealkylation sites (tertiary alicyclic amines) is 1. The van der Waals surface area contributed by atoms with Gasteiger partial charge in [-0.25, -0.2) is 0 Å². The molecule has 0 saturated carbocycles. The van der Waals surface area contributed by atoms with Crippen LogP contribution in [0.5, 0.6) is 0 Å².